The van der Waals surface area contributed by atoms with E-state index >= 15 is 0 Å². The van der Waals surface area contributed by atoms with Crippen LogP contribution >= 0.6 is 0 Å². The molecule has 15 heteroatoms. The second-order valence-corrected chi connectivity index (χ2v) is 10.2. The molecule has 0 saturated carbocycles. The van der Waals surface area contributed by atoms with Gasteiger partial charge in [0.1, 0.15) is 53.0 Å². The largest absolute Gasteiger partial charge is 0.508 e. The Kier molecular flexibility index (Phi) is 7.71. The summed E-state index contributed by atoms with van der Waals surface area (Å²) in [5.41, 5.74) is -1.25. The van der Waals surface area contributed by atoms with Crippen molar-refractivity contribution < 1.29 is 69.3 Å². The van der Waals surface area contributed by atoms with Gasteiger partial charge in [0.15, 0.2) is 29.5 Å². The summed E-state index contributed by atoms with van der Waals surface area (Å²) >= 11 is 0. The molecule has 0 radical (unpaired) electrons. The number of benzene rings is 2. The van der Waals surface area contributed by atoms with Crippen molar-refractivity contribution in [2.45, 2.75) is 61.5 Å². The van der Waals surface area contributed by atoms with Crippen molar-refractivity contribution in [2.75, 3.05) is 13.7 Å². The van der Waals surface area contributed by atoms with Crippen molar-refractivity contribution in [3.63, 3.8) is 0 Å². The normalized spacial score (nSPS) is 33.4. The quantitative estimate of drug-likeness (QED) is 0.155. The van der Waals surface area contributed by atoms with Gasteiger partial charge in [-0.25, -0.2) is 0 Å². The SMILES string of the molecule is COc1cc(O)cc2oc(-c3ccc(O)c(O)c3)c(OC3(C4OC(C)C(O)C(O)C4O)OCC(O)C(O)C3O)c(=O)c12. The van der Waals surface area contributed by atoms with Crippen LogP contribution in [0.1, 0.15) is 6.92 Å². The van der Waals surface area contributed by atoms with Crippen LogP contribution in [0.5, 0.6) is 28.7 Å². The Morgan fingerprint density at radius 3 is 2.29 bits per heavy atom. The Hall–Kier alpha value is -3.67. The number of aliphatic hydroxyl groups is 6. The molecule has 5 rings (SSSR count). The molecule has 9 unspecified atom stereocenters. The maximum absolute atomic E-state index is 14.1. The third-order valence-electron chi connectivity index (χ3n) is 7.48. The molecule has 0 aliphatic carbocycles. The molecule has 2 fully saturated rings. The van der Waals surface area contributed by atoms with E-state index in [1.165, 1.54) is 20.1 Å². The van der Waals surface area contributed by atoms with Crippen LogP contribution in [0, 0.1) is 0 Å². The first-order chi connectivity index (χ1) is 19.8. The fraction of sp³-hybridized carbons (Fsp3) is 0.444. The fourth-order valence-electron chi connectivity index (χ4n) is 5.15. The highest BCUT2D eigenvalue weighted by Crippen LogP contribution is 2.43. The number of aromatic hydroxyl groups is 3. The predicted molar refractivity (Wildman–Crippen MR) is 139 cm³/mol. The molecular formula is C27H30O15. The average molecular weight is 595 g/mol. The van der Waals surface area contributed by atoms with Crippen molar-refractivity contribution >= 4 is 11.0 Å². The Bertz CT molecular complexity index is 1540. The molecular weight excluding hydrogens is 564 g/mol. The van der Waals surface area contributed by atoms with E-state index in [1.807, 2.05) is 0 Å². The first kappa shape index (κ1) is 29.8. The zero-order valence-corrected chi connectivity index (χ0v) is 22.2. The van der Waals surface area contributed by atoms with Crippen molar-refractivity contribution in [2.24, 2.45) is 0 Å². The van der Waals surface area contributed by atoms with E-state index in [4.69, 9.17) is 23.4 Å². The van der Waals surface area contributed by atoms with Gasteiger partial charge in [-0.05, 0) is 25.1 Å². The smallest absolute Gasteiger partial charge is 0.268 e. The molecule has 2 saturated heterocycles. The van der Waals surface area contributed by atoms with Gasteiger partial charge in [-0.3, -0.25) is 4.79 Å². The topological polar surface area (TPSA) is 249 Å². The van der Waals surface area contributed by atoms with E-state index in [1.54, 1.807) is 0 Å². The predicted octanol–water partition coefficient (Wildman–Crippen LogP) is -1.36. The second-order valence-electron chi connectivity index (χ2n) is 10.2. The van der Waals surface area contributed by atoms with E-state index in [0.717, 1.165) is 24.3 Å². The summed E-state index contributed by atoms with van der Waals surface area (Å²) in [5.74, 6) is -5.53. The zero-order valence-electron chi connectivity index (χ0n) is 22.2. The molecule has 2 aliphatic rings. The number of methoxy groups -OCH3 is 1. The lowest BCUT2D eigenvalue weighted by atomic mass is 9.84. The summed E-state index contributed by atoms with van der Waals surface area (Å²) in [6, 6.07) is 5.55. The van der Waals surface area contributed by atoms with Gasteiger partial charge in [0.25, 0.3) is 5.79 Å². The minimum absolute atomic E-state index is 0.0587. The number of aliphatic hydroxyl groups excluding tert-OH is 6. The van der Waals surface area contributed by atoms with Crippen LogP contribution in [0.4, 0.5) is 0 Å². The number of ether oxygens (including phenoxy) is 4. The van der Waals surface area contributed by atoms with Gasteiger partial charge in [0, 0.05) is 17.7 Å². The van der Waals surface area contributed by atoms with E-state index in [2.05, 4.69) is 0 Å². The van der Waals surface area contributed by atoms with Gasteiger partial charge in [-0.15, -0.1) is 0 Å². The Morgan fingerprint density at radius 2 is 1.62 bits per heavy atom. The number of phenols is 3. The average Bonchev–Trinajstić information content (AvgIpc) is 2.96. The molecule has 2 aliphatic heterocycles. The number of hydrogen-bond donors (Lipinski definition) is 9. The molecule has 42 heavy (non-hydrogen) atoms. The summed E-state index contributed by atoms with van der Waals surface area (Å²) in [5, 5.41) is 93.7. The first-order valence-electron chi connectivity index (χ1n) is 12.8. The van der Waals surface area contributed by atoms with E-state index in [-0.39, 0.29) is 28.0 Å². The lowest BCUT2D eigenvalue weighted by molar-refractivity contribution is -0.376. The highest BCUT2D eigenvalue weighted by atomic mass is 16.7. The van der Waals surface area contributed by atoms with Crippen molar-refractivity contribution in [3.8, 4) is 40.1 Å². The number of phenolic OH excluding ortho intramolecular Hbond substituents is 3. The first-order valence-corrected chi connectivity index (χ1v) is 12.8. The van der Waals surface area contributed by atoms with Gasteiger partial charge in [-0.1, -0.05) is 0 Å². The van der Waals surface area contributed by atoms with Gasteiger partial charge in [-0.2, -0.15) is 0 Å². The van der Waals surface area contributed by atoms with Crippen LogP contribution in [-0.2, 0) is 9.47 Å². The summed E-state index contributed by atoms with van der Waals surface area (Å²) in [4.78, 5) is 14.1. The van der Waals surface area contributed by atoms with Crippen molar-refractivity contribution in [1.82, 2.24) is 0 Å². The van der Waals surface area contributed by atoms with Crippen molar-refractivity contribution in [1.29, 1.82) is 0 Å². The highest BCUT2D eigenvalue weighted by molar-refractivity contribution is 5.88. The molecule has 9 N–H and O–H groups in total. The molecule has 0 amide bonds. The highest BCUT2D eigenvalue weighted by Gasteiger charge is 2.63. The van der Waals surface area contributed by atoms with Gasteiger partial charge < -0.3 is 69.3 Å². The molecule has 15 nitrogen and oxygen atoms in total. The van der Waals surface area contributed by atoms with Crippen LogP contribution < -0.4 is 14.9 Å². The molecule has 0 spiro atoms. The number of rotatable bonds is 5. The Morgan fingerprint density at radius 1 is 0.905 bits per heavy atom. The third kappa shape index (κ3) is 4.69. The Balaban J connectivity index is 1.79. The van der Waals surface area contributed by atoms with Crippen LogP contribution in [0.2, 0.25) is 0 Å². The van der Waals surface area contributed by atoms with Gasteiger partial charge >= 0.3 is 0 Å². The summed E-state index contributed by atoms with van der Waals surface area (Å²) in [6.07, 6.45) is -14.4. The standard InChI is InChI=1S/C27H30O15/c1-9-18(32)21(35)22(36)26(40-9)27(25(37)19(33)14(31)8-39-27)42-24-20(34)17-15(38-2)6-11(28)7-16(17)41-23(24)10-3-4-12(29)13(30)5-10/h3-7,9,14,18-19,21-22,25-26,28-33,35-37H,8H2,1-2H3. The maximum Gasteiger partial charge on any atom is 0.268 e. The second kappa shape index (κ2) is 10.9. The Labute approximate surface area is 236 Å². The van der Waals surface area contributed by atoms with Gasteiger partial charge in [0.2, 0.25) is 11.2 Å². The number of fused-ring (bicyclic) bond motifs is 1. The lowest BCUT2D eigenvalue weighted by Crippen LogP contribution is -2.75. The van der Waals surface area contributed by atoms with Gasteiger partial charge in [0.05, 0.1) is 19.8 Å². The molecule has 0 bridgehead atoms. The van der Waals surface area contributed by atoms with Crippen LogP contribution in [0.15, 0.2) is 39.5 Å². The molecule has 2 aromatic carbocycles. The zero-order chi connectivity index (χ0) is 30.7. The summed E-state index contributed by atoms with van der Waals surface area (Å²) in [7, 11) is 1.22. The minimum atomic E-state index is -2.73. The number of hydrogen-bond acceptors (Lipinski definition) is 15. The molecule has 228 valence electrons. The summed E-state index contributed by atoms with van der Waals surface area (Å²) in [6.45, 7) is 0.636. The fourth-order valence-corrected chi connectivity index (χ4v) is 5.15. The molecule has 3 aromatic rings. The molecule has 9 atom stereocenters. The van der Waals surface area contributed by atoms with E-state index in [9.17, 15) is 50.8 Å². The lowest BCUT2D eigenvalue weighted by Gasteiger charge is -2.52. The van der Waals surface area contributed by atoms with E-state index < -0.39 is 89.7 Å². The molecule has 3 heterocycles. The maximum atomic E-state index is 14.1. The van der Waals surface area contributed by atoms with E-state index in [0.29, 0.717) is 0 Å². The van der Waals surface area contributed by atoms with Crippen LogP contribution in [0.25, 0.3) is 22.3 Å². The molecule has 1 aromatic heterocycles. The minimum Gasteiger partial charge on any atom is -0.508 e. The van der Waals surface area contributed by atoms with Crippen LogP contribution in [0.3, 0.4) is 0 Å². The van der Waals surface area contributed by atoms with Crippen LogP contribution in [-0.4, -0.2) is 114 Å². The monoisotopic (exact) mass is 594 g/mol. The summed E-state index contributed by atoms with van der Waals surface area (Å²) < 4.78 is 28.6. The third-order valence-corrected chi connectivity index (χ3v) is 7.48. The van der Waals surface area contributed by atoms with Crippen molar-refractivity contribution in [3.05, 3.63) is 40.6 Å².